The van der Waals surface area contributed by atoms with Crippen molar-refractivity contribution in [1.82, 2.24) is 0 Å². The van der Waals surface area contributed by atoms with Gasteiger partial charge < -0.3 is 9.84 Å². The molecule has 4 heteroatoms. The second-order valence-corrected chi connectivity index (χ2v) is 6.26. The van der Waals surface area contributed by atoms with Gasteiger partial charge in [0.2, 0.25) is 0 Å². The number of hydrogen-bond acceptors (Lipinski definition) is 3. The van der Waals surface area contributed by atoms with Crippen LogP contribution in [-0.4, -0.2) is 16.0 Å². The second kappa shape index (κ2) is 4.61. The zero-order valence-electron chi connectivity index (χ0n) is 10.0. The molecule has 0 aliphatic carbocycles. The Morgan fingerprint density at radius 2 is 2.24 bits per heavy atom. The van der Waals surface area contributed by atoms with E-state index in [1.807, 2.05) is 19.9 Å². The van der Waals surface area contributed by atoms with Crippen molar-refractivity contribution in [3.05, 3.63) is 23.8 Å². The van der Waals surface area contributed by atoms with E-state index in [4.69, 9.17) is 9.84 Å². The number of aliphatic carboxylic acids is 1. The summed E-state index contributed by atoms with van der Waals surface area (Å²) in [6.07, 6.45) is 1.68. The number of ether oxygens (including phenoxy) is 1. The molecule has 0 saturated heterocycles. The molecule has 2 rings (SSSR count). The molecule has 1 N–H and O–H groups in total. The SMILES string of the molecule is CC1(C)Oc2cc(CCCC(=O)O)ccc2S1. The van der Waals surface area contributed by atoms with E-state index in [1.54, 1.807) is 11.8 Å². The van der Waals surface area contributed by atoms with Gasteiger partial charge in [-0.25, -0.2) is 0 Å². The van der Waals surface area contributed by atoms with Gasteiger partial charge in [0.15, 0.2) is 4.93 Å². The minimum absolute atomic E-state index is 0.192. The molecule has 92 valence electrons. The van der Waals surface area contributed by atoms with Gasteiger partial charge in [0.05, 0.1) is 4.90 Å². The van der Waals surface area contributed by atoms with Crippen LogP contribution in [0.5, 0.6) is 5.75 Å². The van der Waals surface area contributed by atoms with Crippen LogP contribution in [0.15, 0.2) is 23.1 Å². The Hall–Kier alpha value is -1.16. The number of hydrogen-bond donors (Lipinski definition) is 1. The van der Waals surface area contributed by atoms with Gasteiger partial charge in [-0.2, -0.15) is 0 Å². The monoisotopic (exact) mass is 252 g/mol. The van der Waals surface area contributed by atoms with Crippen LogP contribution in [0.1, 0.15) is 32.3 Å². The first kappa shape index (κ1) is 12.3. The summed E-state index contributed by atoms with van der Waals surface area (Å²) >= 11 is 1.71. The molecule has 0 spiro atoms. The van der Waals surface area contributed by atoms with Crippen molar-refractivity contribution in [2.24, 2.45) is 0 Å². The standard InChI is InChI=1S/C13H16O3S/c1-13(2)16-10-8-9(4-3-5-12(14)15)6-7-11(10)17-13/h6-8H,3-5H2,1-2H3,(H,14,15). The fourth-order valence-electron chi connectivity index (χ4n) is 1.87. The van der Waals surface area contributed by atoms with E-state index in [2.05, 4.69) is 12.1 Å². The molecule has 17 heavy (non-hydrogen) atoms. The zero-order chi connectivity index (χ0) is 12.5. The van der Waals surface area contributed by atoms with Crippen molar-refractivity contribution < 1.29 is 14.6 Å². The van der Waals surface area contributed by atoms with Crippen LogP contribution >= 0.6 is 11.8 Å². The van der Waals surface area contributed by atoms with Gasteiger partial charge in [-0.3, -0.25) is 4.79 Å². The lowest BCUT2D eigenvalue weighted by molar-refractivity contribution is -0.137. The molecule has 0 unspecified atom stereocenters. The Morgan fingerprint density at radius 3 is 2.94 bits per heavy atom. The average Bonchev–Trinajstić information content (AvgIpc) is 2.50. The van der Waals surface area contributed by atoms with E-state index in [-0.39, 0.29) is 11.4 Å². The summed E-state index contributed by atoms with van der Waals surface area (Å²) < 4.78 is 5.81. The quantitative estimate of drug-likeness (QED) is 0.893. The average molecular weight is 252 g/mol. The van der Waals surface area contributed by atoms with Gasteiger partial charge in [-0.05, 0) is 44.4 Å². The minimum atomic E-state index is -0.737. The largest absolute Gasteiger partial charge is 0.481 e. The van der Waals surface area contributed by atoms with E-state index in [9.17, 15) is 4.79 Å². The number of carbonyl (C=O) groups is 1. The van der Waals surface area contributed by atoms with Crippen LogP contribution in [-0.2, 0) is 11.2 Å². The van der Waals surface area contributed by atoms with Gasteiger partial charge in [0.1, 0.15) is 5.75 Å². The fraction of sp³-hybridized carbons (Fsp3) is 0.462. The minimum Gasteiger partial charge on any atom is -0.481 e. The molecule has 1 aromatic rings. The summed E-state index contributed by atoms with van der Waals surface area (Å²) in [5, 5.41) is 8.59. The van der Waals surface area contributed by atoms with Gasteiger partial charge in [0.25, 0.3) is 0 Å². The van der Waals surface area contributed by atoms with Crippen molar-refractivity contribution in [2.75, 3.05) is 0 Å². The number of thioether (sulfide) groups is 1. The molecule has 0 aromatic heterocycles. The fourth-order valence-corrected chi connectivity index (χ4v) is 2.86. The molecule has 0 amide bonds. The number of aryl methyl sites for hydroxylation is 1. The molecule has 0 atom stereocenters. The van der Waals surface area contributed by atoms with E-state index in [0.29, 0.717) is 6.42 Å². The van der Waals surface area contributed by atoms with Crippen molar-refractivity contribution >= 4 is 17.7 Å². The Labute approximate surface area is 105 Å². The topological polar surface area (TPSA) is 46.5 Å². The molecule has 1 heterocycles. The number of benzene rings is 1. The van der Waals surface area contributed by atoms with Crippen LogP contribution in [0.4, 0.5) is 0 Å². The second-order valence-electron chi connectivity index (χ2n) is 4.63. The Bertz CT molecular complexity index is 440. The highest BCUT2D eigenvalue weighted by Gasteiger charge is 2.30. The predicted molar refractivity (Wildman–Crippen MR) is 67.6 cm³/mol. The maximum absolute atomic E-state index is 10.4. The molecule has 0 bridgehead atoms. The molecule has 0 saturated carbocycles. The van der Waals surface area contributed by atoms with Gasteiger partial charge in [-0.15, -0.1) is 0 Å². The number of carboxylic acid groups (broad SMARTS) is 1. The van der Waals surface area contributed by atoms with Gasteiger partial charge in [0, 0.05) is 6.42 Å². The molecule has 0 radical (unpaired) electrons. The normalized spacial score (nSPS) is 16.4. The van der Waals surface area contributed by atoms with Crippen molar-refractivity contribution in [1.29, 1.82) is 0 Å². The third-order valence-electron chi connectivity index (χ3n) is 2.58. The first-order chi connectivity index (χ1) is 7.96. The lowest BCUT2D eigenvalue weighted by atomic mass is 10.1. The van der Waals surface area contributed by atoms with E-state index >= 15 is 0 Å². The van der Waals surface area contributed by atoms with E-state index in [0.717, 1.165) is 22.6 Å². The molecule has 3 nitrogen and oxygen atoms in total. The summed E-state index contributed by atoms with van der Waals surface area (Å²) in [5.74, 6) is 0.187. The highest BCUT2D eigenvalue weighted by atomic mass is 32.2. The lowest BCUT2D eigenvalue weighted by Crippen LogP contribution is -2.18. The summed E-state index contributed by atoms with van der Waals surface area (Å²) in [6, 6.07) is 6.14. The van der Waals surface area contributed by atoms with Gasteiger partial charge >= 0.3 is 5.97 Å². The van der Waals surface area contributed by atoms with E-state index < -0.39 is 5.97 Å². The Balaban J connectivity index is 2.01. The highest BCUT2D eigenvalue weighted by Crippen LogP contribution is 2.47. The van der Waals surface area contributed by atoms with Crippen molar-refractivity contribution in [2.45, 2.75) is 42.9 Å². The number of fused-ring (bicyclic) bond motifs is 1. The van der Waals surface area contributed by atoms with Crippen LogP contribution < -0.4 is 4.74 Å². The van der Waals surface area contributed by atoms with Gasteiger partial charge in [-0.1, -0.05) is 17.8 Å². The Morgan fingerprint density at radius 1 is 1.47 bits per heavy atom. The number of carboxylic acids is 1. The van der Waals surface area contributed by atoms with Crippen LogP contribution in [0.2, 0.25) is 0 Å². The lowest BCUT2D eigenvalue weighted by Gasteiger charge is -2.15. The molecule has 1 aliphatic heterocycles. The number of rotatable bonds is 4. The molecule has 0 fully saturated rings. The summed E-state index contributed by atoms with van der Waals surface area (Å²) in [4.78, 5) is 11.4. The maximum Gasteiger partial charge on any atom is 0.303 e. The Kier molecular flexibility index (Phi) is 3.33. The van der Waals surface area contributed by atoms with E-state index in [1.165, 1.54) is 0 Å². The van der Waals surface area contributed by atoms with Crippen LogP contribution in [0.25, 0.3) is 0 Å². The van der Waals surface area contributed by atoms with Crippen molar-refractivity contribution in [3.63, 3.8) is 0 Å². The first-order valence-corrected chi connectivity index (χ1v) is 6.51. The smallest absolute Gasteiger partial charge is 0.303 e. The highest BCUT2D eigenvalue weighted by molar-refractivity contribution is 8.00. The molecular weight excluding hydrogens is 236 g/mol. The first-order valence-electron chi connectivity index (χ1n) is 5.69. The maximum atomic E-state index is 10.4. The predicted octanol–water partition coefficient (Wildman–Crippen LogP) is 3.31. The third-order valence-corrected chi connectivity index (χ3v) is 3.71. The molecular formula is C13H16O3S. The molecule has 1 aromatic carbocycles. The zero-order valence-corrected chi connectivity index (χ0v) is 10.8. The molecule has 1 aliphatic rings. The summed E-state index contributed by atoms with van der Waals surface area (Å²) in [7, 11) is 0. The van der Waals surface area contributed by atoms with Crippen LogP contribution in [0, 0.1) is 0 Å². The van der Waals surface area contributed by atoms with Crippen molar-refractivity contribution in [3.8, 4) is 5.75 Å². The van der Waals surface area contributed by atoms with Crippen LogP contribution in [0.3, 0.4) is 0 Å². The summed E-state index contributed by atoms with van der Waals surface area (Å²) in [6.45, 7) is 4.09. The summed E-state index contributed by atoms with van der Waals surface area (Å²) in [5.41, 5.74) is 1.14. The third kappa shape index (κ3) is 3.16.